The molecule has 9 heteroatoms. The highest BCUT2D eigenvalue weighted by molar-refractivity contribution is 14.0. The zero-order valence-electron chi connectivity index (χ0n) is 14.0. The normalized spacial score (nSPS) is 16.6. The van der Waals surface area contributed by atoms with Crippen LogP contribution in [-0.2, 0) is 19.8 Å². The molecule has 0 unspecified atom stereocenters. The second-order valence-corrected chi connectivity index (χ2v) is 5.85. The highest BCUT2D eigenvalue weighted by atomic mass is 127. The van der Waals surface area contributed by atoms with Crippen LogP contribution in [0, 0.1) is 0 Å². The number of hydrogen-bond donors (Lipinski definition) is 2. The third-order valence-corrected chi connectivity index (χ3v) is 3.87. The van der Waals surface area contributed by atoms with Gasteiger partial charge in [0.15, 0.2) is 11.7 Å². The maximum Gasteiger partial charge on any atom is 0.435 e. The van der Waals surface area contributed by atoms with Crippen LogP contribution in [0.2, 0.25) is 0 Å². The van der Waals surface area contributed by atoms with E-state index in [0.29, 0.717) is 18.5 Å². The summed E-state index contributed by atoms with van der Waals surface area (Å²) in [5.41, 5.74) is -0.780. The number of aliphatic imine (C=N–C) groups is 1. The molecule has 138 valence electrons. The van der Waals surface area contributed by atoms with Crippen LogP contribution in [0.3, 0.4) is 0 Å². The molecule has 24 heavy (non-hydrogen) atoms. The molecule has 1 aliphatic rings. The van der Waals surface area contributed by atoms with E-state index in [1.54, 1.807) is 0 Å². The number of nitrogens with zero attached hydrogens (tertiary/aromatic N) is 3. The largest absolute Gasteiger partial charge is 0.435 e. The van der Waals surface area contributed by atoms with E-state index >= 15 is 0 Å². The summed E-state index contributed by atoms with van der Waals surface area (Å²) in [7, 11) is 1.48. The van der Waals surface area contributed by atoms with Crippen LogP contribution in [0.25, 0.3) is 0 Å². The Kier molecular flexibility index (Phi) is 8.31. The second-order valence-electron chi connectivity index (χ2n) is 5.85. The molecule has 1 aromatic rings. The molecule has 1 aliphatic carbocycles. The van der Waals surface area contributed by atoms with Crippen molar-refractivity contribution in [2.75, 3.05) is 6.54 Å². The van der Waals surface area contributed by atoms with E-state index in [9.17, 15) is 13.2 Å². The maximum absolute atomic E-state index is 13.0. The van der Waals surface area contributed by atoms with Gasteiger partial charge >= 0.3 is 6.18 Å². The van der Waals surface area contributed by atoms with Crippen LogP contribution < -0.4 is 10.6 Å². The lowest BCUT2D eigenvalue weighted by molar-refractivity contribution is -0.142. The molecule has 1 aromatic heterocycles. The SMILES string of the molecule is CCNC(=NCc1cn(C)nc1C(F)(F)F)NC1CCCCC1.I. The fraction of sp³-hybridized carbons (Fsp3) is 0.733. The summed E-state index contributed by atoms with van der Waals surface area (Å²) in [4.78, 5) is 4.31. The Morgan fingerprint density at radius 3 is 2.58 bits per heavy atom. The van der Waals surface area contributed by atoms with Crippen LogP contribution in [0.4, 0.5) is 13.2 Å². The number of aryl methyl sites for hydroxylation is 1. The first kappa shape index (κ1) is 21.0. The summed E-state index contributed by atoms with van der Waals surface area (Å²) in [5, 5.41) is 9.92. The molecule has 2 rings (SSSR count). The second kappa shape index (κ2) is 9.47. The molecule has 1 heterocycles. The Morgan fingerprint density at radius 2 is 2.00 bits per heavy atom. The summed E-state index contributed by atoms with van der Waals surface area (Å²) in [6, 6.07) is 0.345. The molecule has 0 aromatic carbocycles. The van der Waals surface area contributed by atoms with Gasteiger partial charge in [-0.25, -0.2) is 4.99 Å². The molecular formula is C15H25F3IN5. The molecule has 2 N–H and O–H groups in total. The van der Waals surface area contributed by atoms with Gasteiger partial charge in [-0.2, -0.15) is 18.3 Å². The highest BCUT2D eigenvalue weighted by Crippen LogP contribution is 2.30. The Hall–Kier alpha value is -1.00. The predicted octanol–water partition coefficient (Wildman–Crippen LogP) is 3.44. The summed E-state index contributed by atoms with van der Waals surface area (Å²) in [6.45, 7) is 2.55. The molecule has 0 atom stereocenters. The third-order valence-electron chi connectivity index (χ3n) is 3.87. The zero-order chi connectivity index (χ0) is 16.9. The van der Waals surface area contributed by atoms with Crippen molar-refractivity contribution < 1.29 is 13.2 Å². The van der Waals surface area contributed by atoms with Crippen molar-refractivity contribution in [2.45, 2.75) is 57.8 Å². The van der Waals surface area contributed by atoms with Gasteiger partial charge in [0.1, 0.15) is 0 Å². The lowest BCUT2D eigenvalue weighted by Gasteiger charge is -2.24. The van der Waals surface area contributed by atoms with E-state index in [2.05, 4.69) is 20.7 Å². The van der Waals surface area contributed by atoms with Gasteiger partial charge in [-0.3, -0.25) is 4.68 Å². The van der Waals surface area contributed by atoms with Crippen molar-refractivity contribution in [1.82, 2.24) is 20.4 Å². The number of hydrogen-bond acceptors (Lipinski definition) is 2. The molecule has 0 amide bonds. The average Bonchev–Trinajstić information content (AvgIpc) is 2.87. The minimum Gasteiger partial charge on any atom is -0.357 e. The Labute approximate surface area is 157 Å². The van der Waals surface area contributed by atoms with Crippen LogP contribution in [-0.4, -0.2) is 28.3 Å². The van der Waals surface area contributed by atoms with Gasteiger partial charge in [0.05, 0.1) is 6.54 Å². The molecule has 5 nitrogen and oxygen atoms in total. The van der Waals surface area contributed by atoms with E-state index in [0.717, 1.165) is 12.8 Å². The van der Waals surface area contributed by atoms with E-state index in [-0.39, 0.29) is 36.1 Å². The topological polar surface area (TPSA) is 54.2 Å². The van der Waals surface area contributed by atoms with Crippen LogP contribution in [0.5, 0.6) is 0 Å². The first-order valence-electron chi connectivity index (χ1n) is 8.04. The van der Waals surface area contributed by atoms with Crippen molar-refractivity contribution in [3.05, 3.63) is 17.5 Å². The summed E-state index contributed by atoms with van der Waals surface area (Å²) < 4.78 is 40.0. The van der Waals surface area contributed by atoms with Gasteiger partial charge in [0.25, 0.3) is 0 Å². The minimum absolute atomic E-state index is 0. The fourth-order valence-corrected chi connectivity index (χ4v) is 2.82. The van der Waals surface area contributed by atoms with E-state index in [4.69, 9.17) is 0 Å². The first-order chi connectivity index (χ1) is 10.9. The molecule has 0 spiro atoms. The summed E-state index contributed by atoms with van der Waals surface area (Å²) >= 11 is 0. The number of guanidine groups is 1. The lowest BCUT2D eigenvalue weighted by atomic mass is 9.96. The Bertz CT molecular complexity index is 536. The van der Waals surface area contributed by atoms with Crippen LogP contribution >= 0.6 is 24.0 Å². The molecule has 0 aliphatic heterocycles. The lowest BCUT2D eigenvalue weighted by Crippen LogP contribution is -2.44. The number of aromatic nitrogens is 2. The Balaban J connectivity index is 0.00000288. The summed E-state index contributed by atoms with van der Waals surface area (Å²) in [6.07, 6.45) is 2.67. The van der Waals surface area contributed by atoms with Gasteiger partial charge < -0.3 is 10.6 Å². The Morgan fingerprint density at radius 1 is 1.33 bits per heavy atom. The monoisotopic (exact) mass is 459 g/mol. The molecule has 0 bridgehead atoms. The van der Waals surface area contributed by atoms with Crippen molar-refractivity contribution in [1.29, 1.82) is 0 Å². The first-order valence-corrected chi connectivity index (χ1v) is 8.04. The quantitative estimate of drug-likeness (QED) is 0.412. The molecule has 1 saturated carbocycles. The average molecular weight is 459 g/mol. The van der Waals surface area contributed by atoms with Crippen molar-refractivity contribution in [2.24, 2.45) is 12.0 Å². The number of halogens is 4. The van der Waals surface area contributed by atoms with Crippen molar-refractivity contribution in [3.63, 3.8) is 0 Å². The third kappa shape index (κ3) is 6.14. The van der Waals surface area contributed by atoms with Gasteiger partial charge in [-0.05, 0) is 19.8 Å². The number of alkyl halides is 3. The number of rotatable bonds is 4. The van der Waals surface area contributed by atoms with Crippen molar-refractivity contribution in [3.8, 4) is 0 Å². The molecule has 1 fully saturated rings. The fourth-order valence-electron chi connectivity index (χ4n) is 2.82. The van der Waals surface area contributed by atoms with E-state index < -0.39 is 11.9 Å². The van der Waals surface area contributed by atoms with Gasteiger partial charge in [-0.1, -0.05) is 19.3 Å². The van der Waals surface area contributed by atoms with Crippen LogP contribution in [0.15, 0.2) is 11.2 Å². The van der Waals surface area contributed by atoms with Gasteiger partial charge in [0.2, 0.25) is 0 Å². The van der Waals surface area contributed by atoms with Gasteiger partial charge in [0, 0.05) is 31.4 Å². The van der Waals surface area contributed by atoms with Gasteiger partial charge in [-0.15, -0.1) is 24.0 Å². The predicted molar refractivity (Wildman–Crippen MR) is 98.4 cm³/mol. The van der Waals surface area contributed by atoms with Crippen molar-refractivity contribution >= 4 is 29.9 Å². The van der Waals surface area contributed by atoms with E-state index in [1.165, 1.54) is 37.2 Å². The molecule has 0 radical (unpaired) electrons. The zero-order valence-corrected chi connectivity index (χ0v) is 16.3. The van der Waals surface area contributed by atoms with Crippen LogP contribution in [0.1, 0.15) is 50.3 Å². The number of nitrogens with one attached hydrogen (secondary N) is 2. The maximum atomic E-state index is 13.0. The van der Waals surface area contributed by atoms with E-state index in [1.807, 2.05) is 6.92 Å². The standard InChI is InChI=1S/C15H24F3N5.HI/c1-3-19-14(21-12-7-5-4-6-8-12)20-9-11-10-23(2)22-13(11)15(16,17)18;/h10,12H,3-9H2,1-2H3,(H2,19,20,21);1H. The smallest absolute Gasteiger partial charge is 0.357 e. The molecule has 0 saturated heterocycles. The minimum atomic E-state index is -4.46. The highest BCUT2D eigenvalue weighted by Gasteiger charge is 2.36. The molecular weight excluding hydrogens is 434 g/mol. The summed E-state index contributed by atoms with van der Waals surface area (Å²) in [5.74, 6) is 0.566.